The number of rotatable bonds is 2. The van der Waals surface area contributed by atoms with E-state index in [1.807, 2.05) is 4.90 Å². The van der Waals surface area contributed by atoms with Gasteiger partial charge in [-0.25, -0.2) is 4.39 Å². The van der Waals surface area contributed by atoms with Crippen molar-refractivity contribution in [2.75, 3.05) is 13.1 Å². The molecule has 1 atom stereocenters. The highest BCUT2D eigenvalue weighted by molar-refractivity contribution is 6.05. The lowest BCUT2D eigenvalue weighted by Crippen LogP contribution is -2.47. The Morgan fingerprint density at radius 3 is 2.59 bits per heavy atom. The van der Waals surface area contributed by atoms with Crippen molar-refractivity contribution in [3.8, 4) is 0 Å². The molecule has 3 rings (SSSR count). The van der Waals surface area contributed by atoms with Gasteiger partial charge in [0.05, 0.1) is 5.71 Å². The van der Waals surface area contributed by atoms with E-state index in [0.29, 0.717) is 17.7 Å². The minimum atomic E-state index is -1.01. The van der Waals surface area contributed by atoms with E-state index >= 15 is 0 Å². The molecular formula is C17H21FN2O2. The molecule has 0 bridgehead atoms. The molecule has 118 valence electrons. The molecule has 2 aliphatic rings. The first-order chi connectivity index (χ1) is 10.6. The molecule has 0 N–H and O–H groups in total. The topological polar surface area (TPSA) is 41.9 Å². The normalized spacial score (nSPS) is 25.4. The van der Waals surface area contributed by atoms with Gasteiger partial charge in [0.1, 0.15) is 5.82 Å². The molecule has 0 unspecified atom stereocenters. The molecule has 2 heterocycles. The van der Waals surface area contributed by atoms with Crippen molar-refractivity contribution in [2.45, 2.75) is 44.6 Å². The molecule has 2 aliphatic heterocycles. The summed E-state index contributed by atoms with van der Waals surface area (Å²) in [6, 6.07) is 6.45. The minimum Gasteiger partial charge on any atom is -0.379 e. The molecule has 0 aliphatic carbocycles. The van der Waals surface area contributed by atoms with E-state index in [2.05, 4.69) is 5.16 Å². The number of halogens is 1. The number of carbonyl (C=O) groups is 1. The summed E-state index contributed by atoms with van der Waals surface area (Å²) in [4.78, 5) is 20.1. The summed E-state index contributed by atoms with van der Waals surface area (Å²) in [7, 11) is 0. The third-order valence-corrected chi connectivity index (χ3v) is 4.39. The van der Waals surface area contributed by atoms with Crippen molar-refractivity contribution >= 4 is 11.6 Å². The summed E-state index contributed by atoms with van der Waals surface area (Å²) in [5.74, 6) is -0.374. The van der Waals surface area contributed by atoms with Crippen LogP contribution in [-0.4, -0.2) is 35.2 Å². The van der Waals surface area contributed by atoms with Crippen molar-refractivity contribution in [3.63, 3.8) is 0 Å². The van der Waals surface area contributed by atoms with Crippen LogP contribution in [0.15, 0.2) is 29.4 Å². The highest BCUT2D eigenvalue weighted by atomic mass is 19.1. The first kappa shape index (κ1) is 15.0. The molecule has 5 heteroatoms. The van der Waals surface area contributed by atoms with Crippen LogP contribution in [0.4, 0.5) is 4.39 Å². The Labute approximate surface area is 129 Å². The highest BCUT2D eigenvalue weighted by Gasteiger charge is 2.45. The third-order valence-electron chi connectivity index (χ3n) is 4.39. The summed E-state index contributed by atoms with van der Waals surface area (Å²) in [6.45, 7) is 3.29. The van der Waals surface area contributed by atoms with Crippen molar-refractivity contribution in [1.82, 2.24) is 4.90 Å². The predicted molar refractivity (Wildman–Crippen MR) is 82.1 cm³/mol. The zero-order valence-corrected chi connectivity index (χ0v) is 12.8. The van der Waals surface area contributed by atoms with Gasteiger partial charge in [0.2, 0.25) is 5.60 Å². The second kappa shape index (κ2) is 6.07. The van der Waals surface area contributed by atoms with Crippen LogP contribution in [0.25, 0.3) is 0 Å². The Bertz CT molecular complexity index is 594. The molecule has 0 radical (unpaired) electrons. The molecule has 0 spiro atoms. The number of likely N-dealkylation sites (tertiary alicyclic amines) is 1. The number of hydrogen-bond acceptors (Lipinski definition) is 3. The number of oxime groups is 1. The summed E-state index contributed by atoms with van der Waals surface area (Å²) < 4.78 is 13.9. The monoisotopic (exact) mass is 304 g/mol. The van der Waals surface area contributed by atoms with Crippen LogP contribution in [0, 0.1) is 5.82 Å². The number of nitrogens with zero attached hydrogens (tertiary/aromatic N) is 2. The average Bonchev–Trinajstić information content (AvgIpc) is 2.75. The molecule has 1 amide bonds. The lowest BCUT2D eigenvalue weighted by atomic mass is 9.94. The Morgan fingerprint density at radius 2 is 1.91 bits per heavy atom. The van der Waals surface area contributed by atoms with Gasteiger partial charge < -0.3 is 9.74 Å². The van der Waals surface area contributed by atoms with Crippen molar-refractivity contribution in [2.24, 2.45) is 5.16 Å². The van der Waals surface area contributed by atoms with E-state index in [-0.39, 0.29) is 11.7 Å². The Hall–Kier alpha value is -1.91. The van der Waals surface area contributed by atoms with Crippen LogP contribution in [0.5, 0.6) is 0 Å². The maximum absolute atomic E-state index is 13.9. The van der Waals surface area contributed by atoms with Gasteiger partial charge in [0, 0.05) is 25.1 Å². The molecule has 1 aromatic rings. The van der Waals surface area contributed by atoms with Gasteiger partial charge in [-0.1, -0.05) is 36.2 Å². The Balaban J connectivity index is 1.74. The fraction of sp³-hybridized carbons (Fsp3) is 0.529. The number of benzene rings is 1. The second-order valence-corrected chi connectivity index (χ2v) is 6.22. The third kappa shape index (κ3) is 2.85. The van der Waals surface area contributed by atoms with Crippen LogP contribution in [0.2, 0.25) is 0 Å². The SMILES string of the molecule is C[C@]1(C(=O)N2CCCCCC2)CC(c2ccccc2F)=NO1. The fourth-order valence-electron chi connectivity index (χ4n) is 3.10. The lowest BCUT2D eigenvalue weighted by Gasteiger charge is -2.29. The van der Waals surface area contributed by atoms with Crippen molar-refractivity contribution < 1.29 is 14.0 Å². The summed E-state index contributed by atoms with van der Waals surface area (Å²) in [6.07, 6.45) is 4.70. The van der Waals surface area contributed by atoms with E-state index in [1.165, 1.54) is 18.9 Å². The zero-order valence-electron chi connectivity index (χ0n) is 12.8. The lowest BCUT2D eigenvalue weighted by molar-refractivity contribution is -0.153. The first-order valence-electron chi connectivity index (χ1n) is 7.89. The smallest absolute Gasteiger partial charge is 0.269 e. The van der Waals surface area contributed by atoms with Gasteiger partial charge >= 0.3 is 0 Å². The van der Waals surface area contributed by atoms with Crippen LogP contribution < -0.4 is 0 Å². The van der Waals surface area contributed by atoms with Gasteiger partial charge in [-0.05, 0) is 25.8 Å². The van der Waals surface area contributed by atoms with E-state index < -0.39 is 5.60 Å². The number of hydrogen-bond donors (Lipinski definition) is 0. The van der Waals surface area contributed by atoms with E-state index in [9.17, 15) is 9.18 Å². The average molecular weight is 304 g/mol. The Kier molecular flexibility index (Phi) is 4.14. The molecule has 0 saturated carbocycles. The summed E-state index contributed by atoms with van der Waals surface area (Å²) >= 11 is 0. The van der Waals surface area contributed by atoms with Crippen LogP contribution in [0.1, 0.15) is 44.6 Å². The van der Waals surface area contributed by atoms with Crippen molar-refractivity contribution in [1.29, 1.82) is 0 Å². The Morgan fingerprint density at radius 1 is 1.23 bits per heavy atom. The molecule has 4 nitrogen and oxygen atoms in total. The predicted octanol–water partition coefficient (Wildman–Crippen LogP) is 3.11. The maximum atomic E-state index is 13.9. The van der Waals surface area contributed by atoms with Crippen LogP contribution in [0.3, 0.4) is 0 Å². The summed E-state index contributed by atoms with van der Waals surface area (Å²) in [5, 5.41) is 3.99. The number of carbonyl (C=O) groups excluding carboxylic acids is 1. The molecular weight excluding hydrogens is 283 g/mol. The first-order valence-corrected chi connectivity index (χ1v) is 7.89. The minimum absolute atomic E-state index is 0.0375. The zero-order chi connectivity index (χ0) is 15.6. The molecule has 0 aromatic heterocycles. The second-order valence-electron chi connectivity index (χ2n) is 6.22. The van der Waals surface area contributed by atoms with E-state index in [1.54, 1.807) is 25.1 Å². The highest BCUT2D eigenvalue weighted by Crippen LogP contribution is 2.30. The quantitative estimate of drug-likeness (QED) is 0.842. The maximum Gasteiger partial charge on any atom is 0.269 e. The van der Waals surface area contributed by atoms with Gasteiger partial charge in [-0.15, -0.1) is 0 Å². The van der Waals surface area contributed by atoms with Crippen LogP contribution in [-0.2, 0) is 9.63 Å². The van der Waals surface area contributed by atoms with Gasteiger partial charge in [-0.3, -0.25) is 4.79 Å². The standard InChI is InChI=1S/C17H21FN2O2/c1-17(16(21)20-10-6-2-3-7-11-20)12-15(19-22-17)13-8-4-5-9-14(13)18/h4-5,8-9H,2-3,6-7,10-12H2,1H3/t17-/m1/s1. The largest absolute Gasteiger partial charge is 0.379 e. The van der Waals surface area contributed by atoms with Crippen molar-refractivity contribution in [3.05, 3.63) is 35.6 Å². The molecule has 1 fully saturated rings. The van der Waals surface area contributed by atoms with E-state index in [4.69, 9.17) is 4.84 Å². The fourth-order valence-corrected chi connectivity index (χ4v) is 3.10. The van der Waals surface area contributed by atoms with Gasteiger partial charge in [0.15, 0.2) is 0 Å². The molecule has 1 aromatic carbocycles. The molecule has 22 heavy (non-hydrogen) atoms. The van der Waals surface area contributed by atoms with Gasteiger partial charge in [0.25, 0.3) is 5.91 Å². The van der Waals surface area contributed by atoms with E-state index in [0.717, 1.165) is 25.9 Å². The summed E-state index contributed by atoms with van der Waals surface area (Å²) in [5.41, 5.74) is -0.0965. The van der Waals surface area contributed by atoms with Crippen LogP contribution >= 0.6 is 0 Å². The molecule has 1 saturated heterocycles. The van der Waals surface area contributed by atoms with Gasteiger partial charge in [-0.2, -0.15) is 0 Å². The number of amides is 1.